The van der Waals surface area contributed by atoms with Crippen LogP contribution in [0.25, 0.3) is 0 Å². The summed E-state index contributed by atoms with van der Waals surface area (Å²) in [5, 5.41) is 17.0. The summed E-state index contributed by atoms with van der Waals surface area (Å²) in [5.74, 6) is -1.53. The normalized spacial score (nSPS) is 28.1. The highest BCUT2D eigenvalue weighted by Gasteiger charge is 2.41. The third kappa shape index (κ3) is 8.46. The molecule has 0 radical (unpaired) electrons. The van der Waals surface area contributed by atoms with Gasteiger partial charge in [0.25, 0.3) is 0 Å². The van der Waals surface area contributed by atoms with Crippen molar-refractivity contribution in [3.8, 4) is 0 Å². The fraction of sp³-hybridized carbons (Fsp3) is 0.710. The fourth-order valence-electron chi connectivity index (χ4n) is 7.47. The summed E-state index contributed by atoms with van der Waals surface area (Å²) in [6, 6.07) is 9.02. The fourth-order valence-corrected chi connectivity index (χ4v) is 7.47. The summed E-state index contributed by atoms with van der Waals surface area (Å²) >= 11 is 0. The number of carbonyl (C=O) groups excluding carboxylic acids is 2. The van der Waals surface area contributed by atoms with Crippen molar-refractivity contribution >= 4 is 17.8 Å². The Bertz CT molecular complexity index is 1070. The monoisotopic (exact) mass is 595 g/mol. The molecule has 5 rings (SSSR count). The van der Waals surface area contributed by atoms with Crippen LogP contribution >= 0.6 is 0 Å². The Morgan fingerprint density at radius 2 is 1.55 bits per heavy atom. The van der Waals surface area contributed by atoms with Crippen molar-refractivity contribution in [3.63, 3.8) is 0 Å². The van der Waals surface area contributed by atoms with E-state index in [2.05, 4.69) is 15.9 Å². The van der Waals surface area contributed by atoms with Gasteiger partial charge in [-0.3, -0.25) is 14.5 Å². The zero-order valence-corrected chi connectivity index (χ0v) is 24.1. The number of benzene rings is 1. The van der Waals surface area contributed by atoms with Crippen LogP contribution in [0.15, 0.2) is 24.3 Å². The molecule has 3 atom stereocenters. The van der Waals surface area contributed by atoms with Crippen molar-refractivity contribution in [2.75, 3.05) is 19.6 Å². The first-order valence-corrected chi connectivity index (χ1v) is 15.3. The topological polar surface area (TPSA) is 124 Å². The van der Waals surface area contributed by atoms with E-state index in [1.807, 2.05) is 12.1 Å². The first-order valence-electron chi connectivity index (χ1n) is 15.3. The maximum atomic E-state index is 13.6. The van der Waals surface area contributed by atoms with Gasteiger partial charge < -0.3 is 20.8 Å². The number of rotatable bonds is 8. The van der Waals surface area contributed by atoms with E-state index in [4.69, 9.17) is 15.6 Å². The summed E-state index contributed by atoms with van der Waals surface area (Å²) in [6.07, 6.45) is 7.72. The van der Waals surface area contributed by atoms with Crippen LogP contribution in [0.1, 0.15) is 98.9 Å². The third-order valence-corrected chi connectivity index (χ3v) is 9.71. The third-order valence-electron chi connectivity index (χ3n) is 9.71. The summed E-state index contributed by atoms with van der Waals surface area (Å²) in [4.78, 5) is 39.0. The minimum absolute atomic E-state index is 0.0970. The van der Waals surface area contributed by atoms with Crippen LogP contribution in [0.4, 0.5) is 13.2 Å². The van der Waals surface area contributed by atoms with Gasteiger partial charge in [-0.1, -0.05) is 25.0 Å². The van der Waals surface area contributed by atoms with E-state index in [-0.39, 0.29) is 17.9 Å². The predicted molar refractivity (Wildman–Crippen MR) is 151 cm³/mol. The van der Waals surface area contributed by atoms with E-state index in [9.17, 15) is 27.9 Å². The Hall–Kier alpha value is -2.66. The summed E-state index contributed by atoms with van der Waals surface area (Å²) in [7, 11) is 0. The molecule has 42 heavy (non-hydrogen) atoms. The van der Waals surface area contributed by atoms with Crippen LogP contribution < -0.4 is 5.73 Å². The minimum Gasteiger partial charge on any atom is -0.475 e. The highest BCUT2D eigenvalue weighted by molar-refractivity contribution is 5.92. The van der Waals surface area contributed by atoms with Crippen LogP contribution in [0, 0.1) is 11.8 Å². The van der Waals surface area contributed by atoms with Gasteiger partial charge in [-0.2, -0.15) is 13.2 Å². The highest BCUT2D eigenvalue weighted by atomic mass is 19.4. The van der Waals surface area contributed by atoms with E-state index in [1.165, 1.54) is 44.1 Å². The molecule has 4 aliphatic rings. The van der Waals surface area contributed by atoms with Gasteiger partial charge in [0.05, 0.1) is 6.10 Å². The molecule has 2 saturated heterocycles. The lowest BCUT2D eigenvalue weighted by atomic mass is 9.84. The lowest BCUT2D eigenvalue weighted by molar-refractivity contribution is -0.192. The molecule has 1 aromatic carbocycles. The van der Waals surface area contributed by atoms with Crippen LogP contribution in [0.5, 0.6) is 0 Å². The number of nitrogens with zero attached hydrogens (tertiary/aromatic N) is 2. The number of nitrogens with two attached hydrogens (primary N) is 1. The number of aliphatic hydroxyl groups excluding tert-OH is 1. The Kier molecular flexibility index (Phi) is 10.9. The number of aliphatic hydroxyl groups is 1. The van der Waals surface area contributed by atoms with Crippen molar-refractivity contribution < 1.29 is 37.8 Å². The maximum Gasteiger partial charge on any atom is 0.490 e. The number of primary amides is 1. The molecule has 234 valence electrons. The number of carboxylic acids is 1. The first-order chi connectivity index (χ1) is 19.9. The maximum absolute atomic E-state index is 13.6. The molecule has 2 aliphatic carbocycles. The molecule has 1 unspecified atom stereocenters. The molecule has 4 fully saturated rings. The molecule has 11 heteroatoms. The molecule has 2 heterocycles. The molecule has 0 spiro atoms. The molecule has 1 aromatic rings. The second-order valence-electron chi connectivity index (χ2n) is 12.5. The molecule has 2 amide bonds. The number of amides is 2. The SMILES string of the molecule is NC(=O)c1cccc(C2C[C@H]3CC[C@@H](C2)N3CCN(CC2CCCC2)C(=O)C2CCC(O)CC2)c1.O=C(O)C(F)(F)F. The number of carbonyl (C=O) groups is 3. The lowest BCUT2D eigenvalue weighted by Gasteiger charge is -2.41. The van der Waals surface area contributed by atoms with Crippen molar-refractivity contribution in [3.05, 3.63) is 35.4 Å². The van der Waals surface area contributed by atoms with E-state index in [1.54, 1.807) is 6.07 Å². The number of carboxylic acid groups (broad SMARTS) is 1. The van der Waals surface area contributed by atoms with Crippen LogP contribution in [0.3, 0.4) is 0 Å². The summed E-state index contributed by atoms with van der Waals surface area (Å²) in [5.41, 5.74) is 7.37. The van der Waals surface area contributed by atoms with Crippen molar-refractivity contribution in [2.45, 2.75) is 107 Å². The summed E-state index contributed by atoms with van der Waals surface area (Å²) < 4.78 is 31.7. The van der Waals surface area contributed by atoms with Gasteiger partial charge in [0.15, 0.2) is 0 Å². The number of alkyl halides is 3. The van der Waals surface area contributed by atoms with Crippen molar-refractivity contribution in [1.82, 2.24) is 9.80 Å². The van der Waals surface area contributed by atoms with E-state index in [0.717, 1.165) is 58.2 Å². The average molecular weight is 596 g/mol. The van der Waals surface area contributed by atoms with Gasteiger partial charge in [0.2, 0.25) is 11.8 Å². The molecule has 0 aromatic heterocycles. The lowest BCUT2D eigenvalue weighted by Crippen LogP contribution is -2.49. The molecule has 8 nitrogen and oxygen atoms in total. The Labute approximate surface area is 245 Å². The average Bonchev–Trinajstić information content (AvgIpc) is 3.55. The molecule has 4 N–H and O–H groups in total. The van der Waals surface area contributed by atoms with Gasteiger partial charge >= 0.3 is 12.1 Å². The van der Waals surface area contributed by atoms with E-state index >= 15 is 0 Å². The molecule has 2 saturated carbocycles. The Morgan fingerprint density at radius 3 is 2.10 bits per heavy atom. The van der Waals surface area contributed by atoms with Crippen LogP contribution in [-0.4, -0.2) is 81.8 Å². The number of hydrogen-bond acceptors (Lipinski definition) is 5. The van der Waals surface area contributed by atoms with E-state index < -0.39 is 12.1 Å². The molecular weight excluding hydrogens is 551 g/mol. The number of halogens is 3. The number of piperidine rings is 1. The van der Waals surface area contributed by atoms with Gasteiger partial charge in [0.1, 0.15) is 0 Å². The predicted octanol–water partition coefficient (Wildman–Crippen LogP) is 4.70. The highest BCUT2D eigenvalue weighted by Crippen LogP contribution is 2.43. The zero-order valence-electron chi connectivity index (χ0n) is 24.1. The zero-order chi connectivity index (χ0) is 30.4. The van der Waals surface area contributed by atoms with Gasteiger partial charge in [-0.25, -0.2) is 4.79 Å². The molecule has 2 aliphatic heterocycles. The summed E-state index contributed by atoms with van der Waals surface area (Å²) in [6.45, 7) is 2.73. The molecule has 2 bridgehead atoms. The van der Waals surface area contributed by atoms with E-state index in [0.29, 0.717) is 35.4 Å². The van der Waals surface area contributed by atoms with Crippen LogP contribution in [0.2, 0.25) is 0 Å². The number of fused-ring (bicyclic) bond motifs is 2. The number of aliphatic carboxylic acids is 1. The van der Waals surface area contributed by atoms with Gasteiger partial charge in [-0.15, -0.1) is 0 Å². The number of hydrogen-bond donors (Lipinski definition) is 3. The smallest absolute Gasteiger partial charge is 0.475 e. The quantitative estimate of drug-likeness (QED) is 0.400. The second kappa shape index (κ2) is 14.2. The van der Waals surface area contributed by atoms with Gasteiger partial charge in [-0.05, 0) is 93.7 Å². The minimum atomic E-state index is -5.08. The standard InChI is InChI=1S/C29H43N3O3.C2HF3O2/c30-28(34)23-7-3-6-22(16-23)24-17-25-10-11-26(18-24)32(25)15-14-31(19-20-4-1-2-5-20)29(35)21-8-12-27(33)13-9-21;3-2(4,5)1(6)7/h3,6-7,16,20-21,24-27,33H,1-2,4-5,8-15,17-19H2,(H2,30,34);(H,6,7)/t21?,24?,25-,26+,27?;. The van der Waals surface area contributed by atoms with Crippen molar-refractivity contribution in [1.29, 1.82) is 0 Å². The largest absolute Gasteiger partial charge is 0.490 e. The van der Waals surface area contributed by atoms with Crippen LogP contribution in [-0.2, 0) is 9.59 Å². The van der Waals surface area contributed by atoms with Crippen molar-refractivity contribution in [2.24, 2.45) is 17.6 Å². The first kappa shape index (κ1) is 32.3. The van der Waals surface area contributed by atoms with Gasteiger partial charge in [0, 0.05) is 43.2 Å². The Morgan fingerprint density at radius 1 is 0.952 bits per heavy atom. The molecular formula is C31H44F3N3O5. The Balaban J connectivity index is 0.000000517. The second-order valence-corrected chi connectivity index (χ2v) is 12.5.